The molecule has 0 bridgehead atoms. The smallest absolute Gasteiger partial charge is 0.242 e. The molecule has 0 aromatic heterocycles. The number of nitrogens with two attached hydrogens (primary N) is 1. The Morgan fingerprint density at radius 3 is 2.47 bits per heavy atom. The van der Waals surface area contributed by atoms with Crippen molar-refractivity contribution in [3.63, 3.8) is 0 Å². The minimum Gasteiger partial charge on any atom is -0.353 e. The van der Waals surface area contributed by atoms with Gasteiger partial charge in [0.25, 0.3) is 0 Å². The van der Waals surface area contributed by atoms with Gasteiger partial charge in [0, 0.05) is 30.9 Å². The topological polar surface area (TPSA) is 78.7 Å². The van der Waals surface area contributed by atoms with Gasteiger partial charge in [-0.2, -0.15) is 0 Å². The minimum absolute atomic E-state index is 0.0190. The first-order valence-electron chi connectivity index (χ1n) is 10.7. The monoisotopic (exact) mass is 406 g/mol. The van der Waals surface area contributed by atoms with Crippen molar-refractivity contribution in [1.82, 2.24) is 10.2 Å². The van der Waals surface area contributed by atoms with Gasteiger partial charge in [-0.15, -0.1) is 0 Å². The highest BCUT2D eigenvalue weighted by molar-refractivity contribution is 5.87. The average Bonchev–Trinajstić information content (AvgIpc) is 3.32. The number of carbonyl (C=O) groups excluding carboxylic acids is 2. The first-order chi connectivity index (χ1) is 14.5. The molecule has 1 aliphatic carbocycles. The van der Waals surface area contributed by atoms with Crippen LogP contribution in [0.4, 0.5) is 5.69 Å². The van der Waals surface area contributed by atoms with E-state index in [-0.39, 0.29) is 37.0 Å². The molecule has 0 spiro atoms. The third-order valence-corrected chi connectivity index (χ3v) is 6.02. The molecule has 2 aromatic rings. The Hall–Kier alpha value is -2.86. The number of rotatable bonds is 6. The van der Waals surface area contributed by atoms with Gasteiger partial charge in [0.05, 0.1) is 13.1 Å². The summed E-state index contributed by atoms with van der Waals surface area (Å²) in [6.45, 7) is 3.62. The quantitative estimate of drug-likeness (QED) is 0.765. The lowest BCUT2D eigenvalue weighted by Gasteiger charge is -2.27. The van der Waals surface area contributed by atoms with Gasteiger partial charge in [0.1, 0.15) is 0 Å². The molecule has 2 amide bonds. The van der Waals surface area contributed by atoms with E-state index in [1.165, 1.54) is 11.1 Å². The molecule has 3 N–H and O–H groups in total. The molecule has 1 saturated heterocycles. The van der Waals surface area contributed by atoms with Crippen molar-refractivity contribution in [2.45, 2.75) is 38.3 Å². The lowest BCUT2D eigenvalue weighted by atomic mass is 10.1. The van der Waals surface area contributed by atoms with Crippen LogP contribution >= 0.6 is 0 Å². The SMILES string of the molecule is Cc1cccc(N(CC(=O)NC2Cc3ccccc3C2)CC(=O)N2CCC(N)C2)c1. The Bertz CT molecular complexity index is 904. The molecular weight excluding hydrogens is 376 g/mol. The summed E-state index contributed by atoms with van der Waals surface area (Å²) < 4.78 is 0. The summed E-state index contributed by atoms with van der Waals surface area (Å²) in [6, 6.07) is 16.4. The van der Waals surface area contributed by atoms with E-state index >= 15 is 0 Å². The maximum atomic E-state index is 12.9. The van der Waals surface area contributed by atoms with Crippen LogP contribution in [0.15, 0.2) is 48.5 Å². The zero-order chi connectivity index (χ0) is 21.1. The number of nitrogens with one attached hydrogen (secondary N) is 1. The number of hydrogen-bond donors (Lipinski definition) is 2. The molecule has 1 aliphatic heterocycles. The van der Waals surface area contributed by atoms with Crippen molar-refractivity contribution < 1.29 is 9.59 Å². The van der Waals surface area contributed by atoms with Crippen LogP contribution in [0.25, 0.3) is 0 Å². The Kier molecular flexibility index (Phi) is 6.04. The Morgan fingerprint density at radius 1 is 1.10 bits per heavy atom. The number of hydrogen-bond acceptors (Lipinski definition) is 4. The van der Waals surface area contributed by atoms with Gasteiger partial charge in [-0.3, -0.25) is 9.59 Å². The van der Waals surface area contributed by atoms with E-state index in [0.717, 1.165) is 30.5 Å². The summed E-state index contributed by atoms with van der Waals surface area (Å²) in [6.07, 6.45) is 2.55. The van der Waals surface area contributed by atoms with Crippen LogP contribution in [-0.2, 0) is 22.4 Å². The predicted molar refractivity (Wildman–Crippen MR) is 118 cm³/mol. The molecule has 158 valence electrons. The number of nitrogens with zero attached hydrogens (tertiary/aromatic N) is 2. The Labute approximate surface area is 178 Å². The van der Waals surface area contributed by atoms with E-state index in [4.69, 9.17) is 5.73 Å². The van der Waals surface area contributed by atoms with Gasteiger partial charge in [-0.25, -0.2) is 0 Å². The summed E-state index contributed by atoms with van der Waals surface area (Å²) in [5.41, 5.74) is 10.6. The summed E-state index contributed by atoms with van der Waals surface area (Å²) in [5.74, 6) is -0.0363. The average molecular weight is 407 g/mol. The first-order valence-corrected chi connectivity index (χ1v) is 10.7. The van der Waals surface area contributed by atoms with Crippen molar-refractivity contribution >= 4 is 17.5 Å². The van der Waals surface area contributed by atoms with Gasteiger partial charge < -0.3 is 20.9 Å². The molecule has 30 heavy (non-hydrogen) atoms. The second kappa shape index (κ2) is 8.88. The Morgan fingerprint density at radius 2 is 1.83 bits per heavy atom. The molecular formula is C24H30N4O2. The highest BCUT2D eigenvalue weighted by Crippen LogP contribution is 2.22. The highest BCUT2D eigenvalue weighted by atomic mass is 16.2. The maximum absolute atomic E-state index is 12.9. The van der Waals surface area contributed by atoms with Crippen LogP contribution in [-0.4, -0.2) is 55.0 Å². The third kappa shape index (κ3) is 4.82. The van der Waals surface area contributed by atoms with Crippen molar-refractivity contribution in [3.8, 4) is 0 Å². The molecule has 1 unspecified atom stereocenters. The van der Waals surface area contributed by atoms with Gasteiger partial charge in [0.15, 0.2) is 0 Å². The summed E-state index contributed by atoms with van der Waals surface area (Å²) in [5, 5.41) is 3.16. The molecule has 6 heteroatoms. The van der Waals surface area contributed by atoms with Crippen LogP contribution in [0.1, 0.15) is 23.1 Å². The Balaban J connectivity index is 1.42. The van der Waals surface area contributed by atoms with Crippen LogP contribution in [0.2, 0.25) is 0 Å². The number of likely N-dealkylation sites (tertiary alicyclic amines) is 1. The van der Waals surface area contributed by atoms with E-state index in [9.17, 15) is 9.59 Å². The van der Waals surface area contributed by atoms with E-state index in [1.54, 1.807) is 4.90 Å². The van der Waals surface area contributed by atoms with E-state index in [1.807, 2.05) is 48.2 Å². The first kappa shape index (κ1) is 20.4. The van der Waals surface area contributed by atoms with E-state index in [2.05, 4.69) is 17.4 Å². The second-order valence-corrected chi connectivity index (χ2v) is 8.52. The van der Waals surface area contributed by atoms with Crippen LogP contribution in [0.5, 0.6) is 0 Å². The molecule has 4 rings (SSSR count). The number of amides is 2. The fourth-order valence-electron chi connectivity index (χ4n) is 4.45. The fourth-order valence-corrected chi connectivity index (χ4v) is 4.45. The third-order valence-electron chi connectivity index (χ3n) is 6.02. The van der Waals surface area contributed by atoms with E-state index < -0.39 is 0 Å². The van der Waals surface area contributed by atoms with Gasteiger partial charge in [0.2, 0.25) is 11.8 Å². The molecule has 0 radical (unpaired) electrons. The largest absolute Gasteiger partial charge is 0.353 e. The summed E-state index contributed by atoms with van der Waals surface area (Å²) in [7, 11) is 0. The van der Waals surface area contributed by atoms with Gasteiger partial charge >= 0.3 is 0 Å². The van der Waals surface area contributed by atoms with Crippen molar-refractivity contribution in [3.05, 3.63) is 65.2 Å². The van der Waals surface area contributed by atoms with E-state index in [0.29, 0.717) is 13.1 Å². The summed E-state index contributed by atoms with van der Waals surface area (Å²) in [4.78, 5) is 29.4. The lowest BCUT2D eigenvalue weighted by Crippen LogP contribution is -2.46. The van der Waals surface area contributed by atoms with Crippen LogP contribution in [0.3, 0.4) is 0 Å². The van der Waals surface area contributed by atoms with Crippen LogP contribution < -0.4 is 16.0 Å². The predicted octanol–water partition coefficient (Wildman–Crippen LogP) is 1.64. The molecule has 2 aromatic carbocycles. The molecule has 1 fully saturated rings. The maximum Gasteiger partial charge on any atom is 0.242 e. The number of carbonyl (C=O) groups is 2. The molecule has 2 aliphatic rings. The fraction of sp³-hybridized carbons (Fsp3) is 0.417. The standard InChI is InChI=1S/C24H30N4O2/c1-17-5-4-8-22(11-17)28(16-24(30)27-10-9-20(25)14-27)15-23(29)26-21-12-18-6-2-3-7-19(18)13-21/h2-8,11,20-21H,9-10,12-16,25H2,1H3,(H,26,29). The molecule has 1 heterocycles. The number of anilines is 1. The number of aryl methyl sites for hydroxylation is 1. The lowest BCUT2D eigenvalue weighted by molar-refractivity contribution is -0.128. The second-order valence-electron chi connectivity index (χ2n) is 8.52. The number of fused-ring (bicyclic) bond motifs is 1. The normalized spacial score (nSPS) is 18.3. The highest BCUT2D eigenvalue weighted by Gasteiger charge is 2.27. The van der Waals surface area contributed by atoms with Gasteiger partial charge in [-0.1, -0.05) is 36.4 Å². The van der Waals surface area contributed by atoms with Gasteiger partial charge in [-0.05, 0) is 55.0 Å². The van der Waals surface area contributed by atoms with Crippen molar-refractivity contribution in [2.24, 2.45) is 5.73 Å². The zero-order valence-corrected chi connectivity index (χ0v) is 17.5. The van der Waals surface area contributed by atoms with Crippen molar-refractivity contribution in [2.75, 3.05) is 31.1 Å². The zero-order valence-electron chi connectivity index (χ0n) is 17.5. The molecule has 6 nitrogen and oxygen atoms in total. The molecule has 0 saturated carbocycles. The van der Waals surface area contributed by atoms with Crippen LogP contribution in [0, 0.1) is 6.92 Å². The number of benzene rings is 2. The van der Waals surface area contributed by atoms with Crippen molar-refractivity contribution in [1.29, 1.82) is 0 Å². The summed E-state index contributed by atoms with van der Waals surface area (Å²) >= 11 is 0. The molecule has 1 atom stereocenters. The minimum atomic E-state index is -0.0553.